The SMILES string of the molecule is CCn1ccc(C2COC(=O)N2)n1. The maximum absolute atomic E-state index is 10.7. The first-order valence-corrected chi connectivity index (χ1v) is 4.26. The van der Waals surface area contributed by atoms with E-state index in [9.17, 15) is 4.79 Å². The van der Waals surface area contributed by atoms with Crippen molar-refractivity contribution in [1.29, 1.82) is 0 Å². The van der Waals surface area contributed by atoms with Crippen LogP contribution in [0, 0.1) is 0 Å². The van der Waals surface area contributed by atoms with Crippen LogP contribution in [0.15, 0.2) is 12.3 Å². The van der Waals surface area contributed by atoms with Crippen LogP contribution in [0.3, 0.4) is 0 Å². The minimum absolute atomic E-state index is 0.0831. The number of carbonyl (C=O) groups is 1. The van der Waals surface area contributed by atoms with Crippen molar-refractivity contribution in [2.75, 3.05) is 6.61 Å². The molecular weight excluding hydrogens is 170 g/mol. The Bertz CT molecular complexity index is 321. The van der Waals surface area contributed by atoms with Gasteiger partial charge in [-0.25, -0.2) is 4.79 Å². The average molecular weight is 181 g/mol. The molecule has 1 aliphatic heterocycles. The van der Waals surface area contributed by atoms with Gasteiger partial charge in [0, 0.05) is 12.7 Å². The minimum atomic E-state index is -0.365. The molecule has 0 saturated carbocycles. The van der Waals surface area contributed by atoms with Crippen molar-refractivity contribution in [2.24, 2.45) is 0 Å². The summed E-state index contributed by atoms with van der Waals surface area (Å²) in [5.41, 5.74) is 0.854. The minimum Gasteiger partial charge on any atom is -0.447 e. The molecule has 1 amide bonds. The molecular formula is C8H11N3O2. The first-order valence-electron chi connectivity index (χ1n) is 4.26. The standard InChI is InChI=1S/C8H11N3O2/c1-2-11-4-3-6(10-11)7-5-13-8(12)9-7/h3-4,7H,2,5H2,1H3,(H,9,12). The van der Waals surface area contributed by atoms with Crippen molar-refractivity contribution >= 4 is 6.09 Å². The Morgan fingerprint density at radius 3 is 3.23 bits per heavy atom. The lowest BCUT2D eigenvalue weighted by Gasteiger charge is -2.01. The van der Waals surface area contributed by atoms with Crippen LogP contribution in [0.2, 0.25) is 0 Å². The van der Waals surface area contributed by atoms with Gasteiger partial charge in [-0.05, 0) is 13.0 Å². The quantitative estimate of drug-likeness (QED) is 0.730. The highest BCUT2D eigenvalue weighted by Gasteiger charge is 2.25. The number of aromatic nitrogens is 2. The Balaban J connectivity index is 2.12. The number of aryl methyl sites for hydroxylation is 1. The summed E-state index contributed by atoms with van der Waals surface area (Å²) in [6.45, 7) is 3.22. The molecule has 0 radical (unpaired) electrons. The molecule has 1 unspecified atom stereocenters. The van der Waals surface area contributed by atoms with Gasteiger partial charge in [0.25, 0.3) is 0 Å². The monoisotopic (exact) mass is 181 g/mol. The van der Waals surface area contributed by atoms with Crippen molar-refractivity contribution in [3.63, 3.8) is 0 Å². The first kappa shape index (κ1) is 8.10. The first-order chi connectivity index (χ1) is 6.29. The summed E-state index contributed by atoms with van der Waals surface area (Å²) in [4.78, 5) is 10.7. The third kappa shape index (κ3) is 1.49. The second-order valence-corrected chi connectivity index (χ2v) is 2.89. The van der Waals surface area contributed by atoms with E-state index in [1.807, 2.05) is 23.9 Å². The predicted octanol–water partition coefficient (Wildman–Crippen LogP) is 0.684. The van der Waals surface area contributed by atoms with E-state index in [-0.39, 0.29) is 12.1 Å². The molecule has 1 fully saturated rings. The number of hydrogen-bond donors (Lipinski definition) is 1. The summed E-state index contributed by atoms with van der Waals surface area (Å²) < 4.78 is 6.58. The van der Waals surface area contributed by atoms with Crippen molar-refractivity contribution in [3.8, 4) is 0 Å². The van der Waals surface area contributed by atoms with Gasteiger partial charge in [-0.1, -0.05) is 0 Å². The molecule has 1 aromatic heterocycles. The molecule has 2 rings (SSSR count). The molecule has 0 spiro atoms. The van der Waals surface area contributed by atoms with Gasteiger partial charge in [0.2, 0.25) is 0 Å². The maximum atomic E-state index is 10.7. The Hall–Kier alpha value is -1.52. The zero-order valence-corrected chi connectivity index (χ0v) is 7.36. The molecule has 1 atom stereocenters. The number of carbonyl (C=O) groups excluding carboxylic acids is 1. The van der Waals surface area contributed by atoms with E-state index >= 15 is 0 Å². The van der Waals surface area contributed by atoms with E-state index in [0.717, 1.165) is 12.2 Å². The van der Waals surface area contributed by atoms with E-state index in [1.165, 1.54) is 0 Å². The molecule has 2 heterocycles. The van der Waals surface area contributed by atoms with E-state index in [1.54, 1.807) is 0 Å². The van der Waals surface area contributed by atoms with E-state index in [0.29, 0.717) is 6.61 Å². The second kappa shape index (κ2) is 3.08. The molecule has 0 aromatic carbocycles. The molecule has 70 valence electrons. The van der Waals surface area contributed by atoms with Gasteiger partial charge >= 0.3 is 6.09 Å². The lowest BCUT2D eigenvalue weighted by Crippen LogP contribution is -2.18. The second-order valence-electron chi connectivity index (χ2n) is 2.89. The van der Waals surface area contributed by atoms with Crippen molar-refractivity contribution in [3.05, 3.63) is 18.0 Å². The third-order valence-corrected chi connectivity index (χ3v) is 2.02. The fraction of sp³-hybridized carbons (Fsp3) is 0.500. The van der Waals surface area contributed by atoms with Gasteiger partial charge in [0.15, 0.2) is 0 Å². The third-order valence-electron chi connectivity index (χ3n) is 2.02. The highest BCUT2D eigenvalue weighted by molar-refractivity contribution is 5.69. The summed E-state index contributed by atoms with van der Waals surface area (Å²) in [6, 6.07) is 1.81. The van der Waals surface area contributed by atoms with Gasteiger partial charge in [-0.15, -0.1) is 0 Å². The van der Waals surface area contributed by atoms with Crippen LogP contribution in [0.1, 0.15) is 18.7 Å². The molecule has 5 heteroatoms. The fourth-order valence-corrected chi connectivity index (χ4v) is 1.28. The van der Waals surface area contributed by atoms with Gasteiger partial charge in [0.1, 0.15) is 12.6 Å². The number of hydrogen-bond acceptors (Lipinski definition) is 3. The number of rotatable bonds is 2. The smallest absolute Gasteiger partial charge is 0.407 e. The topological polar surface area (TPSA) is 56.1 Å². The van der Waals surface area contributed by atoms with Crippen molar-refractivity contribution in [2.45, 2.75) is 19.5 Å². The number of cyclic esters (lactones) is 1. The molecule has 1 saturated heterocycles. The summed E-state index contributed by atoms with van der Waals surface area (Å²) in [5.74, 6) is 0. The van der Waals surface area contributed by atoms with Crippen LogP contribution in [0.25, 0.3) is 0 Å². The lowest BCUT2D eigenvalue weighted by molar-refractivity contribution is 0.177. The van der Waals surface area contributed by atoms with Crippen LogP contribution in [0.4, 0.5) is 4.79 Å². The Morgan fingerprint density at radius 2 is 2.69 bits per heavy atom. The molecule has 1 aromatic rings. The van der Waals surface area contributed by atoms with Crippen LogP contribution in [0.5, 0.6) is 0 Å². The molecule has 5 nitrogen and oxygen atoms in total. The molecule has 0 aliphatic carbocycles. The van der Waals surface area contributed by atoms with E-state index in [2.05, 4.69) is 10.4 Å². The molecule has 1 N–H and O–H groups in total. The fourth-order valence-electron chi connectivity index (χ4n) is 1.28. The normalized spacial score (nSPS) is 21.3. The lowest BCUT2D eigenvalue weighted by atomic mass is 10.2. The van der Waals surface area contributed by atoms with Crippen molar-refractivity contribution < 1.29 is 9.53 Å². The summed E-state index contributed by atoms with van der Waals surface area (Å²) >= 11 is 0. The Labute approximate surface area is 75.7 Å². The Morgan fingerprint density at radius 1 is 1.85 bits per heavy atom. The predicted molar refractivity (Wildman–Crippen MR) is 45.1 cm³/mol. The zero-order chi connectivity index (χ0) is 9.26. The summed E-state index contributed by atoms with van der Waals surface area (Å²) in [7, 11) is 0. The highest BCUT2D eigenvalue weighted by Crippen LogP contribution is 2.15. The Kier molecular flexibility index (Phi) is 1.92. The largest absolute Gasteiger partial charge is 0.447 e. The number of nitrogens with one attached hydrogen (secondary N) is 1. The van der Waals surface area contributed by atoms with Gasteiger partial charge in [0.05, 0.1) is 5.69 Å². The van der Waals surface area contributed by atoms with Crippen LogP contribution in [-0.4, -0.2) is 22.5 Å². The highest BCUT2D eigenvalue weighted by atomic mass is 16.6. The number of ether oxygens (including phenoxy) is 1. The summed E-state index contributed by atoms with van der Waals surface area (Å²) in [5, 5.41) is 6.94. The molecule has 1 aliphatic rings. The van der Waals surface area contributed by atoms with Gasteiger partial charge in [-0.2, -0.15) is 5.10 Å². The number of nitrogens with zero attached hydrogens (tertiary/aromatic N) is 2. The van der Waals surface area contributed by atoms with Crippen LogP contribution in [-0.2, 0) is 11.3 Å². The van der Waals surface area contributed by atoms with Gasteiger partial charge < -0.3 is 10.1 Å². The van der Waals surface area contributed by atoms with Crippen LogP contribution < -0.4 is 5.32 Å². The number of amides is 1. The number of alkyl carbamates (subject to hydrolysis) is 1. The van der Waals surface area contributed by atoms with E-state index in [4.69, 9.17) is 4.74 Å². The maximum Gasteiger partial charge on any atom is 0.407 e. The van der Waals surface area contributed by atoms with Gasteiger partial charge in [-0.3, -0.25) is 4.68 Å². The van der Waals surface area contributed by atoms with Crippen molar-refractivity contribution in [1.82, 2.24) is 15.1 Å². The average Bonchev–Trinajstić information content (AvgIpc) is 2.71. The summed E-state index contributed by atoms with van der Waals surface area (Å²) in [6.07, 6.45) is 1.52. The molecule has 0 bridgehead atoms. The van der Waals surface area contributed by atoms with E-state index < -0.39 is 0 Å². The zero-order valence-electron chi connectivity index (χ0n) is 7.36. The van der Waals surface area contributed by atoms with Crippen LogP contribution >= 0.6 is 0 Å². The molecule has 13 heavy (non-hydrogen) atoms.